The predicted molar refractivity (Wildman–Crippen MR) is 75.7 cm³/mol. The SMILES string of the molecule is CC1(c2cncc3ccccc23)CCC(Br)C1. The smallest absolute Gasteiger partial charge is 0.0346 e. The van der Waals surface area contributed by atoms with Gasteiger partial charge in [0, 0.05) is 22.6 Å². The Hall–Kier alpha value is -0.890. The number of aromatic nitrogens is 1. The minimum Gasteiger partial charge on any atom is -0.264 e. The number of hydrogen-bond donors (Lipinski definition) is 0. The van der Waals surface area contributed by atoms with Gasteiger partial charge in [-0.1, -0.05) is 47.1 Å². The van der Waals surface area contributed by atoms with Crippen molar-refractivity contribution < 1.29 is 0 Å². The molecule has 1 fully saturated rings. The number of fused-ring (bicyclic) bond motifs is 1. The highest BCUT2D eigenvalue weighted by molar-refractivity contribution is 9.09. The second-order valence-electron chi connectivity index (χ2n) is 5.31. The van der Waals surface area contributed by atoms with Crippen LogP contribution in [0.25, 0.3) is 10.8 Å². The van der Waals surface area contributed by atoms with Gasteiger partial charge in [-0.25, -0.2) is 0 Å². The van der Waals surface area contributed by atoms with Crippen LogP contribution < -0.4 is 0 Å². The van der Waals surface area contributed by atoms with E-state index in [0.29, 0.717) is 4.83 Å². The normalized spacial score (nSPS) is 28.7. The highest BCUT2D eigenvalue weighted by atomic mass is 79.9. The number of nitrogens with zero attached hydrogens (tertiary/aromatic N) is 1. The fourth-order valence-corrected chi connectivity index (χ4v) is 3.95. The third-order valence-electron chi connectivity index (χ3n) is 4.00. The van der Waals surface area contributed by atoms with Gasteiger partial charge in [0.15, 0.2) is 0 Å². The minimum atomic E-state index is 0.280. The molecule has 0 saturated heterocycles. The molecular formula is C15H16BrN. The Morgan fingerprint density at radius 3 is 2.88 bits per heavy atom. The molecule has 2 unspecified atom stereocenters. The first-order chi connectivity index (χ1) is 8.19. The van der Waals surface area contributed by atoms with Gasteiger partial charge in [-0.05, 0) is 35.6 Å². The van der Waals surface area contributed by atoms with Crippen molar-refractivity contribution in [2.24, 2.45) is 0 Å². The van der Waals surface area contributed by atoms with Crippen molar-refractivity contribution >= 4 is 26.7 Å². The zero-order valence-corrected chi connectivity index (χ0v) is 11.6. The third-order valence-corrected chi connectivity index (χ3v) is 4.78. The van der Waals surface area contributed by atoms with Gasteiger partial charge in [-0.15, -0.1) is 0 Å². The summed E-state index contributed by atoms with van der Waals surface area (Å²) in [4.78, 5) is 5.07. The molecule has 88 valence electrons. The first-order valence-electron chi connectivity index (χ1n) is 6.16. The van der Waals surface area contributed by atoms with Crippen LogP contribution in [-0.2, 0) is 5.41 Å². The van der Waals surface area contributed by atoms with Gasteiger partial charge in [0.1, 0.15) is 0 Å². The molecule has 1 aliphatic carbocycles. The van der Waals surface area contributed by atoms with Gasteiger partial charge >= 0.3 is 0 Å². The van der Waals surface area contributed by atoms with Crippen LogP contribution in [0, 0.1) is 0 Å². The summed E-state index contributed by atoms with van der Waals surface area (Å²) in [5.41, 5.74) is 1.69. The number of halogens is 1. The van der Waals surface area contributed by atoms with E-state index in [9.17, 15) is 0 Å². The second kappa shape index (κ2) is 4.09. The molecule has 0 spiro atoms. The van der Waals surface area contributed by atoms with Crippen molar-refractivity contribution in [3.05, 3.63) is 42.2 Å². The summed E-state index contributed by atoms with van der Waals surface area (Å²) in [7, 11) is 0. The van der Waals surface area contributed by atoms with E-state index in [1.165, 1.54) is 35.6 Å². The maximum atomic E-state index is 4.41. The molecule has 1 nitrogen and oxygen atoms in total. The molecule has 1 aliphatic rings. The lowest BCUT2D eigenvalue weighted by Crippen LogP contribution is -2.18. The van der Waals surface area contributed by atoms with Crippen molar-refractivity contribution in [3.8, 4) is 0 Å². The molecule has 0 amide bonds. The average molecular weight is 290 g/mol. The molecule has 1 saturated carbocycles. The average Bonchev–Trinajstić information content (AvgIpc) is 2.70. The molecule has 1 aromatic carbocycles. The molecule has 0 radical (unpaired) electrons. The lowest BCUT2D eigenvalue weighted by molar-refractivity contribution is 0.496. The van der Waals surface area contributed by atoms with Crippen LogP contribution >= 0.6 is 15.9 Å². The summed E-state index contributed by atoms with van der Waals surface area (Å²) >= 11 is 3.75. The molecular weight excluding hydrogens is 274 g/mol. The van der Waals surface area contributed by atoms with E-state index in [-0.39, 0.29) is 5.41 Å². The molecule has 0 bridgehead atoms. The van der Waals surface area contributed by atoms with E-state index in [1.54, 1.807) is 0 Å². The number of rotatable bonds is 1. The molecule has 17 heavy (non-hydrogen) atoms. The summed E-state index contributed by atoms with van der Waals surface area (Å²) < 4.78 is 0. The van der Waals surface area contributed by atoms with Crippen LogP contribution in [0.4, 0.5) is 0 Å². The van der Waals surface area contributed by atoms with Crippen molar-refractivity contribution in [2.75, 3.05) is 0 Å². The lowest BCUT2D eigenvalue weighted by Gasteiger charge is -2.25. The van der Waals surface area contributed by atoms with Gasteiger partial charge in [-0.3, -0.25) is 4.98 Å². The number of pyridine rings is 1. The molecule has 3 rings (SSSR count). The monoisotopic (exact) mass is 289 g/mol. The highest BCUT2D eigenvalue weighted by Gasteiger charge is 2.36. The molecule has 1 aromatic heterocycles. The number of alkyl halides is 1. The van der Waals surface area contributed by atoms with Gasteiger partial charge in [-0.2, -0.15) is 0 Å². The van der Waals surface area contributed by atoms with E-state index in [0.717, 1.165) is 0 Å². The Balaban J connectivity index is 2.17. The molecule has 2 heteroatoms. The molecule has 1 heterocycles. The van der Waals surface area contributed by atoms with Crippen LogP contribution in [0.2, 0.25) is 0 Å². The Morgan fingerprint density at radius 2 is 2.12 bits per heavy atom. The number of hydrogen-bond acceptors (Lipinski definition) is 1. The van der Waals surface area contributed by atoms with Gasteiger partial charge in [0.05, 0.1) is 0 Å². The maximum Gasteiger partial charge on any atom is 0.0346 e. The van der Waals surface area contributed by atoms with Crippen LogP contribution in [0.15, 0.2) is 36.7 Å². The second-order valence-corrected chi connectivity index (χ2v) is 6.60. The molecule has 2 atom stereocenters. The quantitative estimate of drug-likeness (QED) is 0.707. The lowest BCUT2D eigenvalue weighted by atomic mass is 9.80. The summed E-state index contributed by atoms with van der Waals surface area (Å²) in [5, 5.41) is 2.62. The largest absolute Gasteiger partial charge is 0.264 e. The van der Waals surface area contributed by atoms with Crippen LogP contribution in [-0.4, -0.2) is 9.81 Å². The van der Waals surface area contributed by atoms with E-state index >= 15 is 0 Å². The zero-order valence-electron chi connectivity index (χ0n) is 9.99. The molecule has 0 N–H and O–H groups in total. The Labute approximate surface area is 110 Å². The van der Waals surface area contributed by atoms with E-state index in [1.807, 2.05) is 6.20 Å². The van der Waals surface area contributed by atoms with E-state index in [4.69, 9.17) is 0 Å². The summed E-state index contributed by atoms with van der Waals surface area (Å²) in [6.45, 7) is 2.37. The Bertz CT molecular complexity index is 546. The molecule has 2 aromatic rings. The van der Waals surface area contributed by atoms with Crippen LogP contribution in [0.1, 0.15) is 31.7 Å². The fraction of sp³-hybridized carbons (Fsp3) is 0.400. The maximum absolute atomic E-state index is 4.41. The van der Waals surface area contributed by atoms with Crippen molar-refractivity contribution in [1.29, 1.82) is 0 Å². The summed E-state index contributed by atoms with van der Waals surface area (Å²) in [6, 6.07) is 8.57. The third kappa shape index (κ3) is 1.89. The Morgan fingerprint density at radius 1 is 1.29 bits per heavy atom. The first-order valence-corrected chi connectivity index (χ1v) is 7.08. The van der Waals surface area contributed by atoms with E-state index in [2.05, 4.69) is 58.3 Å². The summed E-state index contributed by atoms with van der Waals surface area (Å²) in [6.07, 6.45) is 7.75. The zero-order chi connectivity index (χ0) is 11.9. The first kappa shape index (κ1) is 11.2. The van der Waals surface area contributed by atoms with Crippen LogP contribution in [0.5, 0.6) is 0 Å². The van der Waals surface area contributed by atoms with Crippen molar-refractivity contribution in [2.45, 2.75) is 36.4 Å². The van der Waals surface area contributed by atoms with Gasteiger partial charge in [0.25, 0.3) is 0 Å². The number of benzene rings is 1. The standard InChI is InChI=1S/C15H16BrN/c1-15(7-6-12(16)8-15)14-10-17-9-11-4-2-3-5-13(11)14/h2-5,9-10,12H,6-8H2,1H3. The van der Waals surface area contributed by atoms with Crippen molar-refractivity contribution in [3.63, 3.8) is 0 Å². The van der Waals surface area contributed by atoms with Gasteiger partial charge in [0.2, 0.25) is 0 Å². The molecule has 0 aliphatic heterocycles. The highest BCUT2D eigenvalue weighted by Crippen LogP contribution is 2.45. The van der Waals surface area contributed by atoms with E-state index < -0.39 is 0 Å². The Kier molecular flexibility index (Phi) is 2.70. The predicted octanol–water partition coefficient (Wildman–Crippen LogP) is 4.44. The minimum absolute atomic E-state index is 0.280. The fourth-order valence-electron chi connectivity index (χ4n) is 3.01. The summed E-state index contributed by atoms with van der Waals surface area (Å²) in [5.74, 6) is 0. The van der Waals surface area contributed by atoms with Crippen LogP contribution in [0.3, 0.4) is 0 Å². The topological polar surface area (TPSA) is 12.9 Å². The van der Waals surface area contributed by atoms with Crippen molar-refractivity contribution in [1.82, 2.24) is 4.98 Å². The van der Waals surface area contributed by atoms with Gasteiger partial charge < -0.3 is 0 Å².